The van der Waals surface area contributed by atoms with Crippen LogP contribution in [0.1, 0.15) is 37.0 Å². The maximum atomic E-state index is 11.8. The van der Waals surface area contributed by atoms with E-state index < -0.39 is 0 Å². The van der Waals surface area contributed by atoms with Gasteiger partial charge in [0, 0.05) is 7.05 Å². The maximum Gasteiger partial charge on any atom is 0.256 e. The van der Waals surface area contributed by atoms with Crippen molar-refractivity contribution < 1.29 is 14.3 Å². The molecule has 1 N–H and O–H groups in total. The van der Waals surface area contributed by atoms with Crippen LogP contribution in [0.15, 0.2) is 12.3 Å². The van der Waals surface area contributed by atoms with E-state index in [2.05, 4.69) is 10.3 Å². The number of rotatable bonds is 5. The minimum Gasteiger partial charge on any atom is -0.489 e. The van der Waals surface area contributed by atoms with Crippen molar-refractivity contribution in [2.75, 3.05) is 7.05 Å². The van der Waals surface area contributed by atoms with Gasteiger partial charge in [-0.25, -0.2) is 4.98 Å². The van der Waals surface area contributed by atoms with Crippen LogP contribution in [-0.2, 0) is 0 Å². The first-order valence-electron chi connectivity index (χ1n) is 6.15. The number of carbonyl (C=O) groups is 1. The van der Waals surface area contributed by atoms with Crippen LogP contribution in [0.5, 0.6) is 11.6 Å². The van der Waals surface area contributed by atoms with Crippen molar-refractivity contribution in [3.63, 3.8) is 0 Å². The number of hydrogen-bond donors (Lipinski definition) is 1. The Bertz CT molecular complexity index is 442. The molecule has 0 bridgehead atoms. The Balaban J connectivity index is 2.24. The molecule has 1 aliphatic rings. The SMILES string of the molecule is CNC(=O)c1cc(OC2CC2)cnc1OC(C)C. The Hall–Kier alpha value is -1.78. The largest absolute Gasteiger partial charge is 0.489 e. The molecule has 1 fully saturated rings. The normalized spacial score (nSPS) is 14.4. The average molecular weight is 250 g/mol. The fourth-order valence-corrected chi connectivity index (χ4v) is 1.49. The van der Waals surface area contributed by atoms with Crippen molar-refractivity contribution in [2.24, 2.45) is 0 Å². The third-order valence-corrected chi connectivity index (χ3v) is 2.47. The molecule has 0 aliphatic heterocycles. The van der Waals surface area contributed by atoms with E-state index in [9.17, 15) is 4.79 Å². The zero-order valence-corrected chi connectivity index (χ0v) is 10.9. The number of nitrogens with one attached hydrogen (secondary N) is 1. The van der Waals surface area contributed by atoms with Gasteiger partial charge in [0.1, 0.15) is 11.3 Å². The summed E-state index contributed by atoms with van der Waals surface area (Å²) in [6, 6.07) is 1.68. The van der Waals surface area contributed by atoms with Gasteiger partial charge in [0.25, 0.3) is 5.91 Å². The van der Waals surface area contributed by atoms with Crippen LogP contribution in [0.3, 0.4) is 0 Å². The summed E-state index contributed by atoms with van der Waals surface area (Å²) in [6.45, 7) is 3.79. The third-order valence-electron chi connectivity index (χ3n) is 2.47. The highest BCUT2D eigenvalue weighted by Crippen LogP contribution is 2.29. The Labute approximate surface area is 107 Å². The number of carbonyl (C=O) groups excluding carboxylic acids is 1. The molecule has 18 heavy (non-hydrogen) atoms. The summed E-state index contributed by atoms with van der Waals surface area (Å²) < 4.78 is 11.1. The first kappa shape index (κ1) is 12.7. The zero-order valence-electron chi connectivity index (χ0n) is 10.9. The second kappa shape index (κ2) is 5.25. The third kappa shape index (κ3) is 3.12. The van der Waals surface area contributed by atoms with Crippen LogP contribution in [0.2, 0.25) is 0 Å². The van der Waals surface area contributed by atoms with Gasteiger partial charge in [0.05, 0.1) is 18.4 Å². The molecule has 1 saturated carbocycles. The smallest absolute Gasteiger partial charge is 0.256 e. The number of ether oxygens (including phenoxy) is 2. The van der Waals surface area contributed by atoms with Crippen molar-refractivity contribution in [3.8, 4) is 11.6 Å². The molecule has 5 heteroatoms. The molecule has 5 nitrogen and oxygen atoms in total. The van der Waals surface area contributed by atoms with Crippen molar-refractivity contribution in [2.45, 2.75) is 38.9 Å². The van der Waals surface area contributed by atoms with E-state index in [4.69, 9.17) is 9.47 Å². The van der Waals surface area contributed by atoms with Crippen molar-refractivity contribution >= 4 is 5.91 Å². The molecule has 0 unspecified atom stereocenters. The topological polar surface area (TPSA) is 60.5 Å². The van der Waals surface area contributed by atoms with Crippen molar-refractivity contribution in [1.29, 1.82) is 0 Å². The fraction of sp³-hybridized carbons (Fsp3) is 0.538. The first-order chi connectivity index (χ1) is 8.60. The van der Waals surface area contributed by atoms with Gasteiger partial charge in [-0.3, -0.25) is 4.79 Å². The minimum atomic E-state index is -0.223. The highest BCUT2D eigenvalue weighted by Gasteiger charge is 2.24. The van der Waals surface area contributed by atoms with E-state index in [0.29, 0.717) is 17.2 Å². The van der Waals surface area contributed by atoms with Crippen LogP contribution >= 0.6 is 0 Å². The Morgan fingerprint density at radius 3 is 2.78 bits per heavy atom. The number of pyridine rings is 1. The molecule has 0 atom stereocenters. The molecule has 1 amide bonds. The van der Waals surface area contributed by atoms with Crippen LogP contribution in [-0.4, -0.2) is 30.1 Å². The molecule has 0 spiro atoms. The standard InChI is InChI=1S/C13H18N2O3/c1-8(2)17-13-11(12(16)14-3)6-10(7-15-13)18-9-4-5-9/h6-9H,4-5H2,1-3H3,(H,14,16). The molecule has 2 rings (SSSR count). The highest BCUT2D eigenvalue weighted by atomic mass is 16.5. The van der Waals surface area contributed by atoms with Gasteiger partial charge in [-0.2, -0.15) is 0 Å². The van der Waals surface area contributed by atoms with E-state index in [-0.39, 0.29) is 18.1 Å². The first-order valence-corrected chi connectivity index (χ1v) is 6.15. The zero-order chi connectivity index (χ0) is 13.1. The lowest BCUT2D eigenvalue weighted by molar-refractivity contribution is 0.0955. The lowest BCUT2D eigenvalue weighted by Gasteiger charge is -2.13. The molecular weight excluding hydrogens is 232 g/mol. The molecule has 1 aromatic heterocycles. The lowest BCUT2D eigenvalue weighted by atomic mass is 10.2. The Morgan fingerprint density at radius 1 is 1.50 bits per heavy atom. The van der Waals surface area contributed by atoms with Gasteiger partial charge < -0.3 is 14.8 Å². The Kier molecular flexibility index (Phi) is 3.69. The van der Waals surface area contributed by atoms with Crippen LogP contribution in [0.4, 0.5) is 0 Å². The van der Waals surface area contributed by atoms with E-state index in [1.165, 1.54) is 0 Å². The molecule has 1 heterocycles. The molecule has 1 aromatic rings. The van der Waals surface area contributed by atoms with E-state index >= 15 is 0 Å². The molecule has 0 saturated heterocycles. The summed E-state index contributed by atoms with van der Waals surface area (Å²) in [5.74, 6) is 0.735. The van der Waals surface area contributed by atoms with Gasteiger partial charge in [-0.1, -0.05) is 0 Å². The number of nitrogens with zero attached hydrogens (tertiary/aromatic N) is 1. The van der Waals surface area contributed by atoms with Gasteiger partial charge in [-0.05, 0) is 32.8 Å². The highest BCUT2D eigenvalue weighted by molar-refractivity contribution is 5.96. The maximum absolute atomic E-state index is 11.8. The predicted octanol–water partition coefficient (Wildman–Crippen LogP) is 1.77. The summed E-state index contributed by atoms with van der Waals surface area (Å²) in [4.78, 5) is 15.9. The summed E-state index contributed by atoms with van der Waals surface area (Å²) in [5, 5.41) is 2.58. The fourth-order valence-electron chi connectivity index (χ4n) is 1.49. The van der Waals surface area contributed by atoms with E-state index in [1.54, 1.807) is 19.3 Å². The second-order valence-electron chi connectivity index (χ2n) is 4.59. The van der Waals surface area contributed by atoms with Gasteiger partial charge in [0.15, 0.2) is 0 Å². The van der Waals surface area contributed by atoms with Gasteiger partial charge in [-0.15, -0.1) is 0 Å². The molecule has 1 aliphatic carbocycles. The van der Waals surface area contributed by atoms with Crippen molar-refractivity contribution in [1.82, 2.24) is 10.3 Å². The lowest BCUT2D eigenvalue weighted by Crippen LogP contribution is -2.21. The molecule has 0 aromatic carbocycles. The number of aromatic nitrogens is 1. The summed E-state index contributed by atoms with van der Waals surface area (Å²) >= 11 is 0. The summed E-state index contributed by atoms with van der Waals surface area (Å²) in [6.07, 6.45) is 3.99. The van der Waals surface area contributed by atoms with Crippen molar-refractivity contribution in [3.05, 3.63) is 17.8 Å². The predicted molar refractivity (Wildman–Crippen MR) is 67.0 cm³/mol. The van der Waals surface area contributed by atoms with Gasteiger partial charge in [0.2, 0.25) is 5.88 Å². The van der Waals surface area contributed by atoms with Crippen LogP contribution < -0.4 is 14.8 Å². The molecule has 0 radical (unpaired) electrons. The Morgan fingerprint density at radius 2 is 2.22 bits per heavy atom. The quantitative estimate of drug-likeness (QED) is 0.865. The average Bonchev–Trinajstić information content (AvgIpc) is 3.13. The van der Waals surface area contributed by atoms with Gasteiger partial charge >= 0.3 is 0 Å². The minimum absolute atomic E-state index is 0.0314. The number of hydrogen-bond acceptors (Lipinski definition) is 4. The van der Waals surface area contributed by atoms with Crippen LogP contribution in [0, 0.1) is 0 Å². The molecule has 98 valence electrons. The van der Waals surface area contributed by atoms with E-state index in [0.717, 1.165) is 12.8 Å². The van der Waals surface area contributed by atoms with E-state index in [1.807, 2.05) is 13.8 Å². The van der Waals surface area contributed by atoms with Crippen LogP contribution in [0.25, 0.3) is 0 Å². The molecular formula is C13H18N2O3. The monoisotopic (exact) mass is 250 g/mol. The number of amides is 1. The second-order valence-corrected chi connectivity index (χ2v) is 4.59. The summed E-state index contributed by atoms with van der Waals surface area (Å²) in [5.41, 5.74) is 0.407. The summed E-state index contributed by atoms with van der Waals surface area (Å²) in [7, 11) is 1.58.